The number of rotatable bonds is 3. The van der Waals surface area contributed by atoms with Crippen molar-refractivity contribution in [2.24, 2.45) is 17.8 Å². The third-order valence-corrected chi connectivity index (χ3v) is 4.37. The number of benzene rings is 1. The number of hydrogen-bond donors (Lipinski definition) is 1. The van der Waals surface area contributed by atoms with Gasteiger partial charge in [-0.3, -0.25) is 0 Å². The molecule has 2 heteroatoms. The Hall–Kier alpha value is -0.530. The molecular formula is C16H23ClO. The molecular weight excluding hydrogens is 244 g/mol. The van der Waals surface area contributed by atoms with Gasteiger partial charge in [0.2, 0.25) is 0 Å². The Morgan fingerprint density at radius 3 is 2.22 bits per heavy atom. The van der Waals surface area contributed by atoms with Gasteiger partial charge in [-0.05, 0) is 61.1 Å². The van der Waals surface area contributed by atoms with Gasteiger partial charge in [0.1, 0.15) is 0 Å². The van der Waals surface area contributed by atoms with E-state index in [0.717, 1.165) is 23.3 Å². The van der Waals surface area contributed by atoms with Crippen LogP contribution in [-0.2, 0) is 6.42 Å². The Bertz CT molecular complexity index is 363. The van der Waals surface area contributed by atoms with E-state index in [4.69, 9.17) is 11.6 Å². The molecule has 18 heavy (non-hydrogen) atoms. The quantitative estimate of drug-likeness (QED) is 0.864. The van der Waals surface area contributed by atoms with E-state index in [0.29, 0.717) is 5.92 Å². The van der Waals surface area contributed by atoms with Gasteiger partial charge in [-0.15, -0.1) is 0 Å². The molecule has 1 aromatic rings. The molecule has 0 aliphatic heterocycles. The summed E-state index contributed by atoms with van der Waals surface area (Å²) in [6.45, 7) is 4.61. The number of aliphatic hydroxyl groups is 1. The summed E-state index contributed by atoms with van der Waals surface area (Å²) >= 11 is 5.87. The Morgan fingerprint density at radius 2 is 1.67 bits per heavy atom. The zero-order valence-electron chi connectivity index (χ0n) is 11.3. The summed E-state index contributed by atoms with van der Waals surface area (Å²) < 4.78 is 0. The largest absolute Gasteiger partial charge is 0.392 e. The zero-order chi connectivity index (χ0) is 13.1. The van der Waals surface area contributed by atoms with Crippen LogP contribution in [-0.4, -0.2) is 11.2 Å². The molecule has 0 radical (unpaired) electrons. The summed E-state index contributed by atoms with van der Waals surface area (Å²) in [5.74, 6) is 1.96. The first kappa shape index (κ1) is 13.9. The highest BCUT2D eigenvalue weighted by molar-refractivity contribution is 6.30. The summed E-state index contributed by atoms with van der Waals surface area (Å²) in [5.41, 5.74) is 1.18. The molecule has 1 fully saturated rings. The van der Waals surface area contributed by atoms with Gasteiger partial charge in [0.05, 0.1) is 6.10 Å². The fourth-order valence-electron chi connectivity index (χ4n) is 3.35. The first-order valence-corrected chi connectivity index (χ1v) is 7.35. The normalized spacial score (nSPS) is 30.1. The van der Waals surface area contributed by atoms with Crippen LogP contribution in [0.15, 0.2) is 24.3 Å². The van der Waals surface area contributed by atoms with Gasteiger partial charge in [-0.2, -0.15) is 0 Å². The first-order valence-electron chi connectivity index (χ1n) is 6.97. The third kappa shape index (κ3) is 3.73. The third-order valence-electron chi connectivity index (χ3n) is 4.12. The number of halogens is 1. The molecule has 0 bridgehead atoms. The van der Waals surface area contributed by atoms with Crippen molar-refractivity contribution in [2.45, 2.75) is 45.6 Å². The van der Waals surface area contributed by atoms with Crippen LogP contribution in [0.25, 0.3) is 0 Å². The SMILES string of the molecule is CC1CC(C)CC(C(O)Cc2ccc(Cl)cc2)C1. The summed E-state index contributed by atoms with van der Waals surface area (Å²) in [6, 6.07) is 7.83. The molecule has 1 nitrogen and oxygen atoms in total. The van der Waals surface area contributed by atoms with E-state index < -0.39 is 0 Å². The molecule has 1 aliphatic carbocycles. The molecule has 100 valence electrons. The van der Waals surface area contributed by atoms with Crippen molar-refractivity contribution in [1.82, 2.24) is 0 Å². The Morgan fingerprint density at radius 1 is 1.11 bits per heavy atom. The minimum absolute atomic E-state index is 0.212. The molecule has 2 rings (SSSR count). The van der Waals surface area contributed by atoms with Gasteiger partial charge >= 0.3 is 0 Å². The zero-order valence-corrected chi connectivity index (χ0v) is 12.0. The molecule has 0 heterocycles. The Kier molecular flexibility index (Phi) is 4.69. The molecule has 1 aliphatic rings. The van der Waals surface area contributed by atoms with Crippen LogP contribution < -0.4 is 0 Å². The molecule has 3 atom stereocenters. The average molecular weight is 267 g/mol. The summed E-state index contributed by atoms with van der Waals surface area (Å²) in [5, 5.41) is 11.2. The van der Waals surface area contributed by atoms with Crippen LogP contribution in [0.3, 0.4) is 0 Å². The van der Waals surface area contributed by atoms with Crippen molar-refractivity contribution in [1.29, 1.82) is 0 Å². The molecule has 1 aromatic carbocycles. The highest BCUT2D eigenvalue weighted by Crippen LogP contribution is 2.35. The second kappa shape index (κ2) is 6.08. The minimum Gasteiger partial charge on any atom is -0.392 e. The summed E-state index contributed by atoms with van der Waals surface area (Å²) in [4.78, 5) is 0. The van der Waals surface area contributed by atoms with Crippen molar-refractivity contribution in [3.63, 3.8) is 0 Å². The second-order valence-electron chi connectivity index (χ2n) is 6.08. The highest BCUT2D eigenvalue weighted by atomic mass is 35.5. The predicted octanol–water partition coefficient (Wildman–Crippen LogP) is 4.32. The van der Waals surface area contributed by atoms with E-state index in [2.05, 4.69) is 13.8 Å². The van der Waals surface area contributed by atoms with Gasteiger partial charge in [0.25, 0.3) is 0 Å². The lowest BCUT2D eigenvalue weighted by molar-refractivity contribution is 0.0561. The van der Waals surface area contributed by atoms with E-state index in [-0.39, 0.29) is 6.10 Å². The van der Waals surface area contributed by atoms with Crippen molar-refractivity contribution in [3.05, 3.63) is 34.9 Å². The molecule has 1 saturated carbocycles. The first-order chi connectivity index (χ1) is 8.54. The Labute approximate surface area is 115 Å². The molecule has 0 saturated heterocycles. The van der Waals surface area contributed by atoms with E-state index >= 15 is 0 Å². The monoisotopic (exact) mass is 266 g/mol. The standard InChI is InChI=1S/C16H23ClO/c1-11-7-12(2)9-14(8-11)16(18)10-13-3-5-15(17)6-4-13/h3-6,11-12,14,16,18H,7-10H2,1-2H3. The fourth-order valence-corrected chi connectivity index (χ4v) is 3.48. The summed E-state index contributed by atoms with van der Waals surface area (Å²) in [6.07, 6.45) is 4.18. The van der Waals surface area contributed by atoms with Gasteiger partial charge in [0, 0.05) is 5.02 Å². The van der Waals surface area contributed by atoms with Gasteiger partial charge in [-0.25, -0.2) is 0 Å². The van der Waals surface area contributed by atoms with E-state index in [1.807, 2.05) is 24.3 Å². The molecule has 1 N–H and O–H groups in total. The van der Waals surface area contributed by atoms with Crippen LogP contribution in [0.1, 0.15) is 38.7 Å². The van der Waals surface area contributed by atoms with E-state index in [1.54, 1.807) is 0 Å². The van der Waals surface area contributed by atoms with Gasteiger partial charge < -0.3 is 5.11 Å². The van der Waals surface area contributed by atoms with Gasteiger partial charge in [0.15, 0.2) is 0 Å². The minimum atomic E-state index is -0.212. The number of aliphatic hydroxyl groups excluding tert-OH is 1. The Balaban J connectivity index is 1.94. The van der Waals surface area contributed by atoms with Crippen LogP contribution in [0.2, 0.25) is 5.02 Å². The smallest absolute Gasteiger partial charge is 0.0608 e. The predicted molar refractivity (Wildman–Crippen MR) is 76.8 cm³/mol. The van der Waals surface area contributed by atoms with Crippen molar-refractivity contribution in [3.8, 4) is 0 Å². The maximum atomic E-state index is 10.4. The fraction of sp³-hybridized carbons (Fsp3) is 0.625. The van der Waals surface area contributed by atoms with Crippen molar-refractivity contribution < 1.29 is 5.11 Å². The van der Waals surface area contributed by atoms with Crippen molar-refractivity contribution >= 4 is 11.6 Å². The topological polar surface area (TPSA) is 20.2 Å². The van der Waals surface area contributed by atoms with Crippen LogP contribution in [0.5, 0.6) is 0 Å². The lowest BCUT2D eigenvalue weighted by Crippen LogP contribution is -2.30. The molecule has 3 unspecified atom stereocenters. The molecule has 0 spiro atoms. The second-order valence-corrected chi connectivity index (χ2v) is 6.51. The molecule has 0 amide bonds. The van der Waals surface area contributed by atoms with Crippen LogP contribution >= 0.6 is 11.6 Å². The molecule has 0 aromatic heterocycles. The van der Waals surface area contributed by atoms with Gasteiger partial charge in [-0.1, -0.05) is 37.6 Å². The average Bonchev–Trinajstić information content (AvgIpc) is 2.31. The van der Waals surface area contributed by atoms with Crippen LogP contribution in [0.4, 0.5) is 0 Å². The lowest BCUT2D eigenvalue weighted by Gasteiger charge is -2.34. The highest BCUT2D eigenvalue weighted by Gasteiger charge is 2.28. The number of hydrogen-bond acceptors (Lipinski definition) is 1. The van der Waals surface area contributed by atoms with Crippen molar-refractivity contribution in [2.75, 3.05) is 0 Å². The maximum absolute atomic E-state index is 10.4. The van der Waals surface area contributed by atoms with Crippen LogP contribution in [0, 0.1) is 17.8 Å². The summed E-state index contributed by atoms with van der Waals surface area (Å²) in [7, 11) is 0. The van der Waals surface area contributed by atoms with E-state index in [9.17, 15) is 5.11 Å². The van der Waals surface area contributed by atoms with E-state index in [1.165, 1.54) is 24.8 Å². The maximum Gasteiger partial charge on any atom is 0.0608 e. The lowest BCUT2D eigenvalue weighted by atomic mass is 9.73.